The Hall–Kier alpha value is -0.330. The number of anilines is 1. The molecule has 0 aliphatic heterocycles. The van der Waals surface area contributed by atoms with Crippen molar-refractivity contribution in [2.75, 3.05) is 5.32 Å². The molecule has 0 saturated carbocycles. The second-order valence-electron chi connectivity index (χ2n) is 3.61. The summed E-state index contributed by atoms with van der Waals surface area (Å²) >= 11 is 9.43. The van der Waals surface area contributed by atoms with Crippen molar-refractivity contribution < 1.29 is 4.39 Å². The van der Waals surface area contributed by atoms with Crippen molar-refractivity contribution in [2.45, 2.75) is 13.0 Å². The normalized spacial score (nSPS) is 12.5. The minimum atomic E-state index is -0.202. The average molecular weight is 382 g/mol. The Balaban J connectivity index is 2.18. The van der Waals surface area contributed by atoms with Crippen molar-refractivity contribution in [2.24, 2.45) is 0 Å². The van der Waals surface area contributed by atoms with Crippen LogP contribution in [0.3, 0.4) is 0 Å². The van der Waals surface area contributed by atoms with E-state index in [9.17, 15) is 4.39 Å². The zero-order valence-corrected chi connectivity index (χ0v) is 12.7. The molecule has 5 heteroatoms. The summed E-state index contributed by atoms with van der Waals surface area (Å²) in [6.45, 7) is 2.03. The van der Waals surface area contributed by atoms with Crippen molar-refractivity contribution >= 4 is 51.2 Å². The molecule has 0 saturated heterocycles. The Morgan fingerprint density at radius 3 is 2.76 bits per heavy atom. The van der Waals surface area contributed by atoms with Crippen LogP contribution < -0.4 is 5.32 Å². The van der Waals surface area contributed by atoms with Crippen LogP contribution in [0.5, 0.6) is 0 Å². The Bertz CT molecular complexity index is 529. The van der Waals surface area contributed by atoms with E-state index in [0.29, 0.717) is 3.57 Å². The molecule has 1 unspecified atom stereocenters. The van der Waals surface area contributed by atoms with E-state index < -0.39 is 0 Å². The van der Waals surface area contributed by atoms with Crippen LogP contribution in [-0.4, -0.2) is 0 Å². The van der Waals surface area contributed by atoms with Gasteiger partial charge < -0.3 is 5.32 Å². The molecule has 0 aliphatic carbocycles. The quantitative estimate of drug-likeness (QED) is 0.710. The van der Waals surface area contributed by atoms with Gasteiger partial charge in [0.1, 0.15) is 5.82 Å². The topological polar surface area (TPSA) is 12.0 Å². The first kappa shape index (κ1) is 13.1. The molecule has 0 bridgehead atoms. The lowest BCUT2D eigenvalue weighted by molar-refractivity contribution is 0.620. The number of hydrogen-bond acceptors (Lipinski definition) is 2. The summed E-state index contributed by atoms with van der Waals surface area (Å²) in [4.78, 5) is 1.13. The minimum Gasteiger partial charge on any atom is -0.377 e. The number of rotatable bonds is 3. The van der Waals surface area contributed by atoms with Crippen LogP contribution in [-0.2, 0) is 0 Å². The van der Waals surface area contributed by atoms with Gasteiger partial charge in [0, 0.05) is 4.88 Å². The van der Waals surface area contributed by atoms with Crippen LogP contribution in [0.15, 0.2) is 30.3 Å². The lowest BCUT2D eigenvalue weighted by Crippen LogP contribution is -2.06. The van der Waals surface area contributed by atoms with Crippen LogP contribution in [0.2, 0.25) is 4.34 Å². The van der Waals surface area contributed by atoms with Gasteiger partial charge >= 0.3 is 0 Å². The summed E-state index contributed by atoms with van der Waals surface area (Å²) in [5, 5.41) is 3.28. The molecule has 1 heterocycles. The van der Waals surface area contributed by atoms with Gasteiger partial charge in [0.2, 0.25) is 0 Å². The first-order valence-corrected chi connectivity index (χ1v) is 7.31. The van der Waals surface area contributed by atoms with Gasteiger partial charge in [0.05, 0.1) is 19.6 Å². The highest BCUT2D eigenvalue weighted by Gasteiger charge is 2.11. The zero-order chi connectivity index (χ0) is 12.4. The zero-order valence-electron chi connectivity index (χ0n) is 9.01. The molecular formula is C12H10ClFINS. The molecule has 2 rings (SSSR count). The Kier molecular flexibility index (Phi) is 4.27. The number of thiophene rings is 1. The van der Waals surface area contributed by atoms with Crippen molar-refractivity contribution in [3.8, 4) is 0 Å². The summed E-state index contributed by atoms with van der Waals surface area (Å²) < 4.78 is 14.7. The van der Waals surface area contributed by atoms with Gasteiger partial charge in [-0.3, -0.25) is 0 Å². The number of benzene rings is 1. The maximum atomic E-state index is 13.4. The molecule has 0 spiro atoms. The third kappa shape index (κ3) is 3.11. The maximum absolute atomic E-state index is 13.4. The van der Waals surface area contributed by atoms with E-state index in [4.69, 9.17) is 11.6 Å². The van der Waals surface area contributed by atoms with Crippen molar-refractivity contribution in [1.29, 1.82) is 0 Å². The summed E-state index contributed by atoms with van der Waals surface area (Å²) in [5.41, 5.74) is 0.808. The van der Waals surface area contributed by atoms with Crippen LogP contribution in [0.25, 0.3) is 0 Å². The first-order valence-electron chi connectivity index (χ1n) is 5.03. The summed E-state index contributed by atoms with van der Waals surface area (Å²) in [6, 6.07) is 9.00. The highest BCUT2D eigenvalue weighted by molar-refractivity contribution is 14.1. The summed E-state index contributed by atoms with van der Waals surface area (Å²) in [7, 11) is 0. The predicted molar refractivity (Wildman–Crippen MR) is 80.5 cm³/mol. The van der Waals surface area contributed by atoms with E-state index in [0.717, 1.165) is 14.9 Å². The Labute approximate surface area is 122 Å². The van der Waals surface area contributed by atoms with Gasteiger partial charge in [-0.2, -0.15) is 0 Å². The highest BCUT2D eigenvalue weighted by Crippen LogP contribution is 2.30. The van der Waals surface area contributed by atoms with Crippen LogP contribution in [0.4, 0.5) is 10.1 Å². The van der Waals surface area contributed by atoms with Crippen LogP contribution in [0, 0.1) is 9.39 Å². The number of nitrogens with one attached hydrogen (secondary N) is 1. The molecule has 1 nitrogen and oxygen atoms in total. The average Bonchev–Trinajstić information content (AvgIpc) is 2.72. The Morgan fingerprint density at radius 1 is 1.35 bits per heavy atom. The molecule has 0 radical (unpaired) electrons. The first-order chi connectivity index (χ1) is 8.08. The summed E-state index contributed by atoms with van der Waals surface area (Å²) in [6.07, 6.45) is 0. The fourth-order valence-corrected chi connectivity index (χ4v) is 3.06. The third-order valence-electron chi connectivity index (χ3n) is 2.34. The van der Waals surface area contributed by atoms with E-state index in [1.54, 1.807) is 6.07 Å². The molecule has 1 aromatic carbocycles. The van der Waals surface area contributed by atoms with Crippen molar-refractivity contribution in [3.63, 3.8) is 0 Å². The van der Waals surface area contributed by atoms with Gasteiger partial charge in [-0.25, -0.2) is 4.39 Å². The minimum absolute atomic E-state index is 0.114. The lowest BCUT2D eigenvalue weighted by Gasteiger charge is -2.15. The van der Waals surface area contributed by atoms with E-state index in [1.807, 2.05) is 47.7 Å². The molecular weight excluding hydrogens is 372 g/mol. The molecule has 1 atom stereocenters. The molecule has 0 amide bonds. The molecule has 90 valence electrons. The summed E-state index contributed by atoms with van der Waals surface area (Å²) in [5.74, 6) is -0.202. The molecule has 1 aromatic heterocycles. The van der Waals surface area contributed by atoms with E-state index >= 15 is 0 Å². The molecule has 0 aliphatic rings. The smallest absolute Gasteiger partial charge is 0.138 e. The fourth-order valence-electron chi connectivity index (χ4n) is 1.48. The van der Waals surface area contributed by atoms with E-state index in [-0.39, 0.29) is 11.9 Å². The Morgan fingerprint density at radius 2 is 2.12 bits per heavy atom. The highest BCUT2D eigenvalue weighted by atomic mass is 127. The van der Waals surface area contributed by atoms with Gasteiger partial charge in [-0.1, -0.05) is 17.7 Å². The van der Waals surface area contributed by atoms with E-state index in [1.165, 1.54) is 17.4 Å². The molecule has 2 aromatic rings. The van der Waals surface area contributed by atoms with Gasteiger partial charge in [0.15, 0.2) is 0 Å². The SMILES string of the molecule is CC(Nc1cccc(F)c1I)c1ccc(Cl)s1. The van der Waals surface area contributed by atoms with Crippen LogP contribution >= 0.6 is 45.5 Å². The van der Waals surface area contributed by atoms with Gasteiger partial charge in [-0.15, -0.1) is 11.3 Å². The monoisotopic (exact) mass is 381 g/mol. The maximum Gasteiger partial charge on any atom is 0.138 e. The molecule has 1 N–H and O–H groups in total. The lowest BCUT2D eigenvalue weighted by atomic mass is 10.2. The fraction of sp³-hybridized carbons (Fsp3) is 0.167. The molecule has 17 heavy (non-hydrogen) atoms. The van der Waals surface area contributed by atoms with Gasteiger partial charge in [-0.05, 0) is 53.8 Å². The number of halogens is 3. The predicted octanol–water partition coefficient (Wildman–Crippen LogP) is 5.32. The largest absolute Gasteiger partial charge is 0.377 e. The third-order valence-corrected chi connectivity index (χ3v) is 4.85. The van der Waals surface area contributed by atoms with Crippen molar-refractivity contribution in [3.05, 3.63) is 48.9 Å². The van der Waals surface area contributed by atoms with Gasteiger partial charge in [0.25, 0.3) is 0 Å². The van der Waals surface area contributed by atoms with Crippen molar-refractivity contribution in [1.82, 2.24) is 0 Å². The second kappa shape index (κ2) is 5.54. The van der Waals surface area contributed by atoms with E-state index in [2.05, 4.69) is 5.32 Å². The standard InChI is InChI=1S/C12H10ClFINS/c1-7(10-5-6-11(13)17-10)16-9-4-2-3-8(14)12(9)15/h2-7,16H,1H3. The number of hydrogen-bond donors (Lipinski definition) is 1. The molecule has 0 fully saturated rings. The van der Waals surface area contributed by atoms with Crippen LogP contribution in [0.1, 0.15) is 17.8 Å². The second-order valence-corrected chi connectivity index (χ2v) is 6.43.